The van der Waals surface area contributed by atoms with E-state index in [2.05, 4.69) is 15.0 Å². The number of nitrogens with two attached hydrogens (primary N) is 1. The number of phosphoric acid groups is 1. The zero-order chi connectivity index (χ0) is 37.3. The standard InChI is InChI=1S/C24H37N6O17P3/c1-11(16(31)17(32)12(2)29-5-3-4-13(6-29)23(34)35)7-44-48(37,38)24(36)49(39,40)45-8-14-18(33)19(47-50(41,42)43)22(46-14)30-10-28-15-20(25)26-9-27-21(15)30/h3-4,6,9-12,14,16-19,22,31-33,39-40,49H,5,7-8H2,1-2H3,(H,34,35)(H,37,38)(H2,25,26,27)(H2,41,42,43)/t11?,12?,14-,16-,17+,18-,19-,22-/m1/s1. The molecule has 2 aromatic heterocycles. The molecule has 0 bridgehead atoms. The van der Waals surface area contributed by atoms with E-state index < -0.39 is 96.5 Å². The van der Waals surface area contributed by atoms with E-state index in [0.29, 0.717) is 0 Å². The summed E-state index contributed by atoms with van der Waals surface area (Å²) in [5.41, 5.74) is 5.74. The van der Waals surface area contributed by atoms with Crippen LogP contribution >= 0.6 is 23.4 Å². The molecule has 0 saturated carbocycles. The molecule has 50 heavy (non-hydrogen) atoms. The van der Waals surface area contributed by atoms with Crippen molar-refractivity contribution in [3.8, 4) is 0 Å². The number of carboxylic acid groups (broad SMARTS) is 1. The van der Waals surface area contributed by atoms with E-state index in [4.69, 9.17) is 24.0 Å². The number of aliphatic hydroxyl groups is 3. The van der Waals surface area contributed by atoms with E-state index in [1.54, 1.807) is 0 Å². The van der Waals surface area contributed by atoms with Crippen LogP contribution in [0.25, 0.3) is 11.2 Å². The van der Waals surface area contributed by atoms with Crippen molar-refractivity contribution in [2.45, 2.75) is 56.6 Å². The van der Waals surface area contributed by atoms with Gasteiger partial charge in [0.1, 0.15) is 0 Å². The second-order valence-electron chi connectivity index (χ2n) is 11.4. The van der Waals surface area contributed by atoms with Crippen LogP contribution in [0.5, 0.6) is 0 Å². The predicted octanol–water partition coefficient (Wildman–Crippen LogP) is -1.45. The van der Waals surface area contributed by atoms with Gasteiger partial charge in [-0.2, -0.15) is 0 Å². The molecule has 2 aliphatic rings. The Bertz CT molecular complexity index is 1730. The number of aliphatic hydroxyl groups excluding tert-OH is 3. The molecule has 1 saturated heterocycles. The Kier molecular flexibility index (Phi) is 12.3. The van der Waals surface area contributed by atoms with Crippen LogP contribution in [0.15, 0.2) is 36.6 Å². The maximum absolute atomic E-state index is 12.7. The van der Waals surface area contributed by atoms with Gasteiger partial charge in [-0.25, -0.2) is 4.79 Å². The number of hydrogen-bond donors (Lipinski definition) is 10. The summed E-state index contributed by atoms with van der Waals surface area (Å²) in [6, 6.07) is -0.851. The third-order valence-corrected chi connectivity index (χ3v) is 12.2. The number of anilines is 1. The first-order chi connectivity index (χ1) is 23.1. The number of nitrogen functional groups attached to an aromatic ring is 1. The Morgan fingerprint density at radius 3 is 2.46 bits per heavy atom. The van der Waals surface area contributed by atoms with Crippen molar-refractivity contribution in [2.24, 2.45) is 5.92 Å². The van der Waals surface area contributed by atoms with Crippen LogP contribution in [0, 0.1) is 5.92 Å². The predicted molar refractivity (Wildman–Crippen MR) is 169 cm³/mol. The summed E-state index contributed by atoms with van der Waals surface area (Å²) in [5, 5.41) is 39.2. The summed E-state index contributed by atoms with van der Waals surface area (Å²) in [4.78, 5) is 87.1. The molecule has 26 heteroatoms. The van der Waals surface area contributed by atoms with E-state index in [1.807, 2.05) is 0 Å². The molecule has 2 aromatic rings. The summed E-state index contributed by atoms with van der Waals surface area (Å²) in [6.45, 7) is 1.04. The number of fused-ring (bicyclic) bond motifs is 1. The average molecular weight is 775 g/mol. The summed E-state index contributed by atoms with van der Waals surface area (Å²) in [5.74, 6) is -2.42. The van der Waals surface area contributed by atoms with E-state index in [-0.39, 0.29) is 29.1 Å². The molecule has 0 spiro atoms. The zero-order valence-corrected chi connectivity index (χ0v) is 28.9. The van der Waals surface area contributed by atoms with Gasteiger partial charge in [0.15, 0.2) is 0 Å². The number of carbonyl (C=O) groups is 2. The Balaban J connectivity index is 1.39. The number of rotatable bonds is 16. The molecule has 0 aromatic carbocycles. The van der Waals surface area contributed by atoms with Gasteiger partial charge in [0.2, 0.25) is 0 Å². The quantitative estimate of drug-likeness (QED) is 0.0872. The van der Waals surface area contributed by atoms with Gasteiger partial charge in [-0.3, -0.25) is 0 Å². The van der Waals surface area contributed by atoms with E-state index >= 15 is 0 Å². The van der Waals surface area contributed by atoms with Crippen LogP contribution in [-0.4, -0.2) is 137 Å². The van der Waals surface area contributed by atoms with E-state index in [1.165, 1.54) is 37.1 Å². The summed E-state index contributed by atoms with van der Waals surface area (Å²) >= 11 is 0. The SMILES string of the molecule is CC(COP(=O)(O)C(=O)[PH](O)(O)OC[C@H]1O[C@@H](n2cnc3c(N)ncnc32)[C@H](OP(=O)(O)O)[C@@H]1O)[C@@H](O)[C@@H](O)C(C)N1C=C(C(=O)O)C=CC1. The molecule has 0 radical (unpaired) electrons. The van der Waals surface area contributed by atoms with Gasteiger partial charge < -0.3 is 5.11 Å². The molecule has 0 amide bonds. The van der Waals surface area contributed by atoms with Crippen molar-refractivity contribution in [3.05, 3.63) is 36.6 Å². The molecule has 3 unspecified atom stereocenters. The van der Waals surface area contributed by atoms with Crippen molar-refractivity contribution in [3.63, 3.8) is 0 Å². The molecule has 23 nitrogen and oxygen atoms in total. The summed E-state index contributed by atoms with van der Waals surface area (Å²) in [6.07, 6.45) is -4.00. The topological polar surface area (TPSA) is 360 Å². The molecule has 2 aliphatic heterocycles. The summed E-state index contributed by atoms with van der Waals surface area (Å²) < 4.78 is 45.4. The Morgan fingerprint density at radius 1 is 1.14 bits per heavy atom. The Hall–Kier alpha value is -2.82. The van der Waals surface area contributed by atoms with E-state index in [0.717, 1.165) is 17.2 Å². The van der Waals surface area contributed by atoms with Crippen molar-refractivity contribution in [2.75, 3.05) is 25.5 Å². The van der Waals surface area contributed by atoms with Crippen molar-refractivity contribution >= 4 is 51.6 Å². The van der Waals surface area contributed by atoms with Crippen LogP contribution in [0.1, 0.15) is 20.1 Å². The van der Waals surface area contributed by atoms with Crippen LogP contribution in [-0.2, 0) is 32.2 Å². The number of ether oxygens (including phenoxy) is 1. The first kappa shape index (κ1) is 40.0. The van der Waals surface area contributed by atoms with Gasteiger partial charge in [-0.1, -0.05) is 0 Å². The number of phosphoric ester groups is 1. The molecule has 0 aliphatic carbocycles. The molecule has 4 rings (SSSR count). The minimum atomic E-state index is -5.82. The van der Waals surface area contributed by atoms with Gasteiger partial charge in [-0.15, -0.1) is 0 Å². The van der Waals surface area contributed by atoms with E-state index in [9.17, 15) is 63.6 Å². The Morgan fingerprint density at radius 2 is 1.82 bits per heavy atom. The number of aromatic nitrogens is 4. The van der Waals surface area contributed by atoms with Crippen LogP contribution in [0.3, 0.4) is 0 Å². The fraction of sp³-hybridized carbons (Fsp3) is 0.542. The second kappa shape index (κ2) is 15.4. The molecule has 280 valence electrons. The van der Waals surface area contributed by atoms with Gasteiger partial charge in [-0.05, 0) is 0 Å². The molecular weight excluding hydrogens is 737 g/mol. The third kappa shape index (κ3) is 8.96. The second-order valence-corrected chi connectivity index (χ2v) is 16.7. The first-order valence-corrected chi connectivity index (χ1v) is 19.4. The van der Waals surface area contributed by atoms with Gasteiger partial charge in [0, 0.05) is 0 Å². The maximum atomic E-state index is 12.7. The number of aliphatic carboxylic acids is 1. The molecule has 1 fully saturated rings. The number of nitrogens with zero attached hydrogens (tertiary/aromatic N) is 5. The van der Waals surface area contributed by atoms with Gasteiger partial charge in [0.25, 0.3) is 0 Å². The molecule has 4 heterocycles. The number of imidazole rings is 1. The molecular formula is C24H37N6O17P3. The number of hydrogen-bond acceptors (Lipinski definition) is 18. The van der Waals surface area contributed by atoms with Crippen LogP contribution in [0.4, 0.5) is 10.6 Å². The fourth-order valence-corrected chi connectivity index (χ4v) is 8.51. The monoisotopic (exact) mass is 774 g/mol. The normalized spacial score (nSPS) is 25.5. The van der Waals surface area contributed by atoms with Gasteiger partial charge >= 0.3 is 273 Å². The molecule has 11 N–H and O–H groups in total. The fourth-order valence-electron chi connectivity index (χ4n) is 5.03. The third-order valence-electron chi connectivity index (χ3n) is 7.85. The summed E-state index contributed by atoms with van der Waals surface area (Å²) in [7, 11) is -16.7. The minimum absolute atomic E-state index is 0.00806. The van der Waals surface area contributed by atoms with Crippen LogP contribution < -0.4 is 5.73 Å². The number of carboxylic acids is 1. The number of carbonyl (C=O) groups excluding carboxylic acids is 1. The van der Waals surface area contributed by atoms with Crippen molar-refractivity contribution < 1.29 is 81.9 Å². The van der Waals surface area contributed by atoms with Crippen molar-refractivity contribution in [1.29, 1.82) is 0 Å². The van der Waals surface area contributed by atoms with Gasteiger partial charge in [0.05, 0.1) is 0 Å². The Labute approximate surface area is 282 Å². The molecule has 9 atom stereocenters. The van der Waals surface area contributed by atoms with Crippen molar-refractivity contribution in [1.82, 2.24) is 24.4 Å². The average Bonchev–Trinajstić information content (AvgIpc) is 3.61. The first-order valence-electron chi connectivity index (χ1n) is 14.5. The zero-order valence-electron chi connectivity index (χ0n) is 26.1. The van der Waals surface area contributed by atoms with Crippen LogP contribution in [0.2, 0.25) is 0 Å².